The van der Waals surface area contributed by atoms with Gasteiger partial charge in [0.05, 0.1) is 18.3 Å². The monoisotopic (exact) mass is 237 g/mol. The Morgan fingerprint density at radius 3 is 3.29 bits per heavy atom. The number of hydrogen-bond donors (Lipinski definition) is 2. The molecule has 1 unspecified atom stereocenters. The molecule has 1 aliphatic heterocycles. The predicted octanol–water partition coefficient (Wildman–Crippen LogP) is 0.00340. The molecular formula is C11H19N5O. The van der Waals surface area contributed by atoms with E-state index in [1.165, 1.54) is 0 Å². The molecule has 0 radical (unpaired) electrons. The highest BCUT2D eigenvalue weighted by molar-refractivity contribution is 5.77. The lowest BCUT2D eigenvalue weighted by Crippen LogP contribution is -2.37. The van der Waals surface area contributed by atoms with Crippen molar-refractivity contribution in [2.24, 2.45) is 17.8 Å². The van der Waals surface area contributed by atoms with Crippen LogP contribution in [0.3, 0.4) is 0 Å². The first-order valence-electron chi connectivity index (χ1n) is 5.88. The largest absolute Gasteiger partial charge is 0.376 e. The first kappa shape index (κ1) is 11.9. The fourth-order valence-corrected chi connectivity index (χ4v) is 1.79. The molecule has 6 heteroatoms. The van der Waals surface area contributed by atoms with Crippen molar-refractivity contribution in [2.45, 2.75) is 25.5 Å². The standard InChI is InChI=1S/C11H19N5O/c1-16-5-4-9(15-16)7-13-11(12)14-8-10-3-2-6-17-10/h4-5,10H,2-3,6-8H2,1H3,(H3,12,13,14). The molecule has 1 aliphatic rings. The highest BCUT2D eigenvalue weighted by Gasteiger charge is 2.14. The fourth-order valence-electron chi connectivity index (χ4n) is 1.79. The summed E-state index contributed by atoms with van der Waals surface area (Å²) < 4.78 is 7.23. The van der Waals surface area contributed by atoms with Gasteiger partial charge in [-0.3, -0.25) is 4.68 Å². The summed E-state index contributed by atoms with van der Waals surface area (Å²) in [5.41, 5.74) is 6.67. The summed E-state index contributed by atoms with van der Waals surface area (Å²) in [5, 5.41) is 7.29. The lowest BCUT2D eigenvalue weighted by molar-refractivity contribution is 0.114. The fraction of sp³-hybridized carbons (Fsp3) is 0.636. The molecule has 1 aromatic heterocycles. The van der Waals surface area contributed by atoms with Crippen LogP contribution in [-0.4, -0.2) is 35.0 Å². The summed E-state index contributed by atoms with van der Waals surface area (Å²) >= 11 is 0. The number of hydrogen-bond acceptors (Lipinski definition) is 3. The highest BCUT2D eigenvalue weighted by Crippen LogP contribution is 2.10. The molecule has 2 heterocycles. The average molecular weight is 237 g/mol. The van der Waals surface area contributed by atoms with Gasteiger partial charge in [-0.25, -0.2) is 4.99 Å². The van der Waals surface area contributed by atoms with Crippen molar-refractivity contribution in [1.82, 2.24) is 15.1 Å². The molecule has 0 aromatic carbocycles. The van der Waals surface area contributed by atoms with Crippen molar-refractivity contribution in [2.75, 3.05) is 13.2 Å². The van der Waals surface area contributed by atoms with Crippen LogP contribution in [-0.2, 0) is 18.3 Å². The second-order valence-electron chi connectivity index (χ2n) is 4.20. The molecule has 1 aromatic rings. The van der Waals surface area contributed by atoms with Crippen LogP contribution in [0, 0.1) is 0 Å². The maximum absolute atomic E-state index is 5.76. The van der Waals surface area contributed by atoms with E-state index in [-0.39, 0.29) is 6.10 Å². The van der Waals surface area contributed by atoms with Gasteiger partial charge < -0.3 is 15.8 Å². The number of aromatic nitrogens is 2. The van der Waals surface area contributed by atoms with Crippen LogP contribution in [0.15, 0.2) is 17.3 Å². The van der Waals surface area contributed by atoms with E-state index < -0.39 is 0 Å². The van der Waals surface area contributed by atoms with Gasteiger partial charge in [-0.05, 0) is 18.9 Å². The van der Waals surface area contributed by atoms with Gasteiger partial charge in [0.25, 0.3) is 0 Å². The smallest absolute Gasteiger partial charge is 0.189 e. The molecule has 0 amide bonds. The van der Waals surface area contributed by atoms with E-state index in [2.05, 4.69) is 15.4 Å². The van der Waals surface area contributed by atoms with Gasteiger partial charge in [0.15, 0.2) is 5.96 Å². The SMILES string of the molecule is Cn1ccc(CN=C(N)NCC2CCCO2)n1. The van der Waals surface area contributed by atoms with Gasteiger partial charge in [-0.1, -0.05) is 0 Å². The molecule has 0 aliphatic carbocycles. The summed E-state index contributed by atoms with van der Waals surface area (Å²) in [4.78, 5) is 4.22. The Hall–Kier alpha value is -1.56. The topological polar surface area (TPSA) is 77.5 Å². The van der Waals surface area contributed by atoms with Crippen LogP contribution in [0.4, 0.5) is 0 Å². The third kappa shape index (κ3) is 3.74. The molecule has 1 saturated heterocycles. The van der Waals surface area contributed by atoms with Crippen LogP contribution >= 0.6 is 0 Å². The molecule has 94 valence electrons. The minimum absolute atomic E-state index is 0.276. The van der Waals surface area contributed by atoms with Crippen LogP contribution in [0.1, 0.15) is 18.5 Å². The molecule has 3 N–H and O–H groups in total. The van der Waals surface area contributed by atoms with E-state index in [1.807, 2.05) is 19.3 Å². The lowest BCUT2D eigenvalue weighted by Gasteiger charge is -2.10. The van der Waals surface area contributed by atoms with Crippen LogP contribution < -0.4 is 11.1 Å². The van der Waals surface area contributed by atoms with Gasteiger partial charge >= 0.3 is 0 Å². The van der Waals surface area contributed by atoms with Gasteiger partial charge in [0.2, 0.25) is 0 Å². The second kappa shape index (κ2) is 5.67. The number of aliphatic imine (C=N–C) groups is 1. The van der Waals surface area contributed by atoms with Crippen molar-refractivity contribution in [3.05, 3.63) is 18.0 Å². The normalized spacial score (nSPS) is 20.8. The first-order chi connectivity index (χ1) is 8.24. The maximum Gasteiger partial charge on any atom is 0.189 e. The molecule has 0 spiro atoms. The Morgan fingerprint density at radius 1 is 1.76 bits per heavy atom. The van der Waals surface area contributed by atoms with Gasteiger partial charge in [-0.15, -0.1) is 0 Å². The highest BCUT2D eigenvalue weighted by atomic mass is 16.5. The van der Waals surface area contributed by atoms with Crippen molar-refractivity contribution >= 4 is 5.96 Å². The predicted molar refractivity (Wildman–Crippen MR) is 65.5 cm³/mol. The second-order valence-corrected chi connectivity index (χ2v) is 4.20. The van der Waals surface area contributed by atoms with Crippen LogP contribution in [0.2, 0.25) is 0 Å². The van der Waals surface area contributed by atoms with E-state index in [0.29, 0.717) is 12.5 Å². The molecule has 6 nitrogen and oxygen atoms in total. The quantitative estimate of drug-likeness (QED) is 0.571. The summed E-state index contributed by atoms with van der Waals surface area (Å²) in [7, 11) is 1.88. The molecule has 1 atom stereocenters. The zero-order chi connectivity index (χ0) is 12.1. The third-order valence-electron chi connectivity index (χ3n) is 2.72. The number of nitrogens with zero attached hydrogens (tertiary/aromatic N) is 3. The Balaban J connectivity index is 1.73. The summed E-state index contributed by atoms with van der Waals surface area (Å²) in [6.45, 7) is 2.10. The molecule has 0 bridgehead atoms. The van der Waals surface area contributed by atoms with Gasteiger partial charge in [0, 0.05) is 26.4 Å². The molecule has 17 heavy (non-hydrogen) atoms. The Labute approximate surface area is 101 Å². The van der Waals surface area contributed by atoms with Crippen LogP contribution in [0.25, 0.3) is 0 Å². The zero-order valence-corrected chi connectivity index (χ0v) is 10.1. The van der Waals surface area contributed by atoms with E-state index >= 15 is 0 Å². The van der Waals surface area contributed by atoms with Gasteiger partial charge in [0.1, 0.15) is 0 Å². The molecule has 0 saturated carbocycles. The minimum Gasteiger partial charge on any atom is -0.376 e. The average Bonchev–Trinajstić information content (AvgIpc) is 2.95. The molecule has 1 fully saturated rings. The summed E-state index contributed by atoms with van der Waals surface area (Å²) in [6.07, 6.45) is 4.40. The summed E-state index contributed by atoms with van der Waals surface area (Å²) in [6, 6.07) is 1.93. The van der Waals surface area contributed by atoms with E-state index in [4.69, 9.17) is 10.5 Å². The van der Waals surface area contributed by atoms with E-state index in [9.17, 15) is 0 Å². The van der Waals surface area contributed by atoms with Crippen molar-refractivity contribution in [3.8, 4) is 0 Å². The third-order valence-corrected chi connectivity index (χ3v) is 2.72. The number of rotatable bonds is 4. The minimum atomic E-state index is 0.276. The number of nitrogens with one attached hydrogen (secondary N) is 1. The van der Waals surface area contributed by atoms with Crippen molar-refractivity contribution in [3.63, 3.8) is 0 Å². The van der Waals surface area contributed by atoms with Gasteiger partial charge in [-0.2, -0.15) is 5.10 Å². The summed E-state index contributed by atoms with van der Waals surface area (Å²) in [5.74, 6) is 0.450. The Morgan fingerprint density at radius 2 is 2.65 bits per heavy atom. The molecular weight excluding hydrogens is 218 g/mol. The molecule has 2 rings (SSSR count). The number of ether oxygens (including phenoxy) is 1. The lowest BCUT2D eigenvalue weighted by atomic mass is 10.2. The first-order valence-corrected chi connectivity index (χ1v) is 5.88. The van der Waals surface area contributed by atoms with Crippen LogP contribution in [0.5, 0.6) is 0 Å². The number of guanidine groups is 1. The Kier molecular flexibility index (Phi) is 3.98. The maximum atomic E-state index is 5.76. The van der Waals surface area contributed by atoms with Crippen molar-refractivity contribution < 1.29 is 4.74 Å². The van der Waals surface area contributed by atoms with E-state index in [0.717, 1.165) is 31.7 Å². The van der Waals surface area contributed by atoms with E-state index in [1.54, 1.807) is 4.68 Å². The Bertz CT molecular complexity index is 381. The number of nitrogens with two attached hydrogens (primary N) is 1. The zero-order valence-electron chi connectivity index (χ0n) is 10.1. The number of aryl methyl sites for hydroxylation is 1. The van der Waals surface area contributed by atoms with Crippen molar-refractivity contribution in [1.29, 1.82) is 0 Å².